The fraction of sp³-hybridized carbons (Fsp3) is 0.391. The van der Waals surface area contributed by atoms with Crippen molar-refractivity contribution in [2.24, 2.45) is 0 Å². The molecule has 7 nitrogen and oxygen atoms in total. The maximum absolute atomic E-state index is 14.6. The Labute approximate surface area is 181 Å². The van der Waals surface area contributed by atoms with Gasteiger partial charge in [0, 0.05) is 63.2 Å². The minimum atomic E-state index is -0.307. The average molecular weight is 423 g/mol. The topological polar surface area (TPSA) is 67.2 Å². The zero-order chi connectivity index (χ0) is 22.0. The lowest BCUT2D eigenvalue weighted by Gasteiger charge is -2.33. The van der Waals surface area contributed by atoms with E-state index in [-0.39, 0.29) is 17.6 Å². The predicted octanol–water partition coefficient (Wildman–Crippen LogP) is 3.58. The summed E-state index contributed by atoms with van der Waals surface area (Å²) in [6.07, 6.45) is 5.24. The number of likely N-dealkylation sites (tertiary alicyclic amines) is 1. The lowest BCUT2D eigenvalue weighted by molar-refractivity contribution is 0.0699. The third kappa shape index (κ3) is 4.28. The molecule has 1 aliphatic heterocycles. The van der Waals surface area contributed by atoms with Crippen LogP contribution in [0, 0.1) is 5.82 Å². The van der Waals surface area contributed by atoms with Crippen molar-refractivity contribution in [1.82, 2.24) is 24.6 Å². The number of amides is 1. The van der Waals surface area contributed by atoms with Crippen molar-refractivity contribution >= 4 is 11.9 Å². The SMILES string of the molecule is CCn1ccc(C(=O)N2CCC[C@@H](c3nc(N(C)C)ncc3-c3ccccc3F)C2)n1. The second-order valence-corrected chi connectivity index (χ2v) is 7.99. The number of piperidine rings is 1. The van der Waals surface area contributed by atoms with Crippen LogP contribution in [0.15, 0.2) is 42.7 Å². The van der Waals surface area contributed by atoms with E-state index in [2.05, 4.69) is 10.1 Å². The fourth-order valence-electron chi connectivity index (χ4n) is 4.00. The maximum atomic E-state index is 14.6. The minimum Gasteiger partial charge on any atom is -0.347 e. The Balaban J connectivity index is 1.68. The van der Waals surface area contributed by atoms with Gasteiger partial charge in [-0.1, -0.05) is 18.2 Å². The highest BCUT2D eigenvalue weighted by atomic mass is 19.1. The Hall–Kier alpha value is -3.29. The molecule has 1 fully saturated rings. The number of nitrogens with zero attached hydrogens (tertiary/aromatic N) is 6. The number of hydrogen-bond donors (Lipinski definition) is 0. The molecule has 0 saturated carbocycles. The molecule has 3 heterocycles. The van der Waals surface area contributed by atoms with Gasteiger partial charge in [-0.05, 0) is 31.9 Å². The zero-order valence-corrected chi connectivity index (χ0v) is 18.1. The molecule has 0 radical (unpaired) electrons. The van der Waals surface area contributed by atoms with E-state index < -0.39 is 0 Å². The van der Waals surface area contributed by atoms with Crippen LogP contribution in [0.2, 0.25) is 0 Å². The first kappa shape index (κ1) is 21.0. The summed E-state index contributed by atoms with van der Waals surface area (Å²) in [5.74, 6) is 0.174. The monoisotopic (exact) mass is 422 g/mol. The smallest absolute Gasteiger partial charge is 0.274 e. The molecule has 0 N–H and O–H groups in total. The summed E-state index contributed by atoms with van der Waals surface area (Å²) in [6, 6.07) is 8.43. The van der Waals surface area contributed by atoms with Crippen molar-refractivity contribution < 1.29 is 9.18 Å². The van der Waals surface area contributed by atoms with Crippen LogP contribution in [0.3, 0.4) is 0 Å². The molecule has 3 aromatic rings. The second-order valence-electron chi connectivity index (χ2n) is 7.99. The summed E-state index contributed by atoms with van der Waals surface area (Å²) >= 11 is 0. The average Bonchev–Trinajstić information content (AvgIpc) is 3.28. The Kier molecular flexibility index (Phi) is 5.97. The standard InChI is InChI=1S/C23H27FN6O/c1-4-30-13-11-20(27-30)22(31)29-12-7-8-16(15-29)21-18(14-25-23(26-21)28(2)3)17-9-5-6-10-19(17)24/h5-6,9-11,13-14,16H,4,7-8,12,15H2,1-3H3/t16-/m1/s1. The number of anilines is 1. The second kappa shape index (κ2) is 8.83. The highest BCUT2D eigenvalue weighted by Crippen LogP contribution is 2.35. The van der Waals surface area contributed by atoms with Crippen LogP contribution in [-0.4, -0.2) is 57.7 Å². The van der Waals surface area contributed by atoms with Crippen LogP contribution in [0.25, 0.3) is 11.1 Å². The molecule has 1 atom stereocenters. The van der Waals surface area contributed by atoms with E-state index in [0.717, 1.165) is 25.1 Å². The summed E-state index contributed by atoms with van der Waals surface area (Å²) < 4.78 is 16.4. The number of rotatable bonds is 5. The number of aryl methyl sites for hydroxylation is 1. The molecule has 1 aromatic carbocycles. The van der Waals surface area contributed by atoms with Gasteiger partial charge in [-0.3, -0.25) is 9.48 Å². The first-order valence-corrected chi connectivity index (χ1v) is 10.6. The number of hydrogen-bond acceptors (Lipinski definition) is 5. The molecule has 0 aliphatic carbocycles. The Morgan fingerprint density at radius 2 is 2.03 bits per heavy atom. The molecule has 1 amide bonds. The van der Waals surface area contributed by atoms with Crippen LogP contribution in [0.5, 0.6) is 0 Å². The van der Waals surface area contributed by atoms with E-state index in [1.165, 1.54) is 6.07 Å². The summed E-state index contributed by atoms with van der Waals surface area (Å²) in [5.41, 5.74) is 2.39. The van der Waals surface area contributed by atoms with E-state index >= 15 is 0 Å². The Morgan fingerprint density at radius 3 is 2.74 bits per heavy atom. The van der Waals surface area contributed by atoms with Gasteiger partial charge in [-0.25, -0.2) is 14.4 Å². The van der Waals surface area contributed by atoms with Gasteiger partial charge in [0.05, 0.1) is 5.69 Å². The summed E-state index contributed by atoms with van der Waals surface area (Å²) in [6.45, 7) is 3.90. The zero-order valence-electron chi connectivity index (χ0n) is 18.1. The van der Waals surface area contributed by atoms with Crippen molar-refractivity contribution in [2.45, 2.75) is 32.2 Å². The molecule has 31 heavy (non-hydrogen) atoms. The van der Waals surface area contributed by atoms with Crippen molar-refractivity contribution in [2.75, 3.05) is 32.1 Å². The predicted molar refractivity (Wildman–Crippen MR) is 118 cm³/mol. The third-order valence-corrected chi connectivity index (χ3v) is 5.65. The van der Waals surface area contributed by atoms with E-state index in [1.807, 2.05) is 43.1 Å². The summed E-state index contributed by atoms with van der Waals surface area (Å²) in [5, 5.41) is 4.36. The van der Waals surface area contributed by atoms with Crippen LogP contribution < -0.4 is 4.90 Å². The van der Waals surface area contributed by atoms with Gasteiger partial charge in [0.25, 0.3) is 5.91 Å². The van der Waals surface area contributed by atoms with E-state index in [1.54, 1.807) is 29.1 Å². The number of halogens is 1. The quantitative estimate of drug-likeness (QED) is 0.629. The van der Waals surface area contributed by atoms with E-state index in [4.69, 9.17) is 4.98 Å². The molecule has 4 rings (SSSR count). The van der Waals surface area contributed by atoms with Gasteiger partial charge in [0.1, 0.15) is 11.5 Å². The Morgan fingerprint density at radius 1 is 1.23 bits per heavy atom. The van der Waals surface area contributed by atoms with Gasteiger partial charge >= 0.3 is 0 Å². The van der Waals surface area contributed by atoms with Crippen molar-refractivity contribution in [3.63, 3.8) is 0 Å². The molecule has 2 aromatic heterocycles. The first-order chi connectivity index (χ1) is 15.0. The van der Waals surface area contributed by atoms with Gasteiger partial charge < -0.3 is 9.80 Å². The first-order valence-electron chi connectivity index (χ1n) is 10.6. The molecule has 0 unspecified atom stereocenters. The van der Waals surface area contributed by atoms with Crippen LogP contribution in [-0.2, 0) is 6.54 Å². The highest BCUT2D eigenvalue weighted by molar-refractivity contribution is 5.92. The molecular formula is C23H27FN6O. The Bertz CT molecular complexity index is 1080. The molecule has 8 heteroatoms. The van der Waals surface area contributed by atoms with Crippen molar-refractivity contribution in [1.29, 1.82) is 0 Å². The lowest BCUT2D eigenvalue weighted by Crippen LogP contribution is -2.39. The lowest BCUT2D eigenvalue weighted by atomic mass is 9.89. The van der Waals surface area contributed by atoms with E-state index in [0.29, 0.717) is 35.9 Å². The minimum absolute atomic E-state index is 0.0118. The van der Waals surface area contributed by atoms with Gasteiger partial charge in [-0.15, -0.1) is 0 Å². The molecule has 0 bridgehead atoms. The number of aromatic nitrogens is 4. The fourth-order valence-corrected chi connectivity index (χ4v) is 4.00. The molecular weight excluding hydrogens is 395 g/mol. The maximum Gasteiger partial charge on any atom is 0.274 e. The highest BCUT2D eigenvalue weighted by Gasteiger charge is 2.30. The van der Waals surface area contributed by atoms with Crippen molar-refractivity contribution in [3.8, 4) is 11.1 Å². The van der Waals surface area contributed by atoms with Gasteiger partial charge in [0.2, 0.25) is 5.95 Å². The van der Waals surface area contributed by atoms with Gasteiger partial charge in [0.15, 0.2) is 0 Å². The van der Waals surface area contributed by atoms with Crippen LogP contribution >= 0.6 is 0 Å². The normalized spacial score (nSPS) is 16.4. The van der Waals surface area contributed by atoms with E-state index in [9.17, 15) is 9.18 Å². The summed E-state index contributed by atoms with van der Waals surface area (Å²) in [7, 11) is 3.76. The number of benzene rings is 1. The summed E-state index contributed by atoms with van der Waals surface area (Å²) in [4.78, 5) is 25.9. The molecule has 1 aliphatic rings. The molecule has 162 valence electrons. The van der Waals surface area contributed by atoms with Crippen LogP contribution in [0.1, 0.15) is 41.9 Å². The number of carbonyl (C=O) groups excluding carboxylic acids is 1. The van der Waals surface area contributed by atoms with Gasteiger partial charge in [-0.2, -0.15) is 5.10 Å². The third-order valence-electron chi connectivity index (χ3n) is 5.65. The molecule has 1 saturated heterocycles. The van der Waals surface area contributed by atoms with Crippen LogP contribution in [0.4, 0.5) is 10.3 Å². The molecule has 0 spiro atoms. The van der Waals surface area contributed by atoms with Crippen molar-refractivity contribution in [3.05, 3.63) is 59.9 Å². The number of carbonyl (C=O) groups is 1. The largest absolute Gasteiger partial charge is 0.347 e.